The molecule has 4 nitrogen and oxygen atoms in total. The van der Waals surface area contributed by atoms with Crippen LogP contribution in [0.2, 0.25) is 0 Å². The molecular weight excluding hydrogens is 226 g/mol. The SMILES string of the molecule is CN(C(=O)Cc1cc[nH]c1)C1CCC(C#N)CC1. The molecule has 1 N–H and O–H groups in total. The molecular formula is C14H19N3O. The highest BCUT2D eigenvalue weighted by atomic mass is 16.2. The quantitative estimate of drug-likeness (QED) is 0.886. The monoisotopic (exact) mass is 245 g/mol. The number of amides is 1. The van der Waals surface area contributed by atoms with Crippen LogP contribution in [0, 0.1) is 17.2 Å². The van der Waals surface area contributed by atoms with Gasteiger partial charge in [-0.05, 0) is 37.3 Å². The van der Waals surface area contributed by atoms with Crippen molar-refractivity contribution in [3.05, 3.63) is 24.0 Å². The summed E-state index contributed by atoms with van der Waals surface area (Å²) in [6.07, 6.45) is 7.89. The first kappa shape index (κ1) is 12.7. The van der Waals surface area contributed by atoms with Crippen LogP contribution in [0.15, 0.2) is 18.5 Å². The zero-order chi connectivity index (χ0) is 13.0. The van der Waals surface area contributed by atoms with Crippen LogP contribution in [-0.2, 0) is 11.2 Å². The van der Waals surface area contributed by atoms with Gasteiger partial charge in [0, 0.05) is 31.4 Å². The number of H-pyrrole nitrogens is 1. The highest BCUT2D eigenvalue weighted by Crippen LogP contribution is 2.26. The Kier molecular flexibility index (Phi) is 4.03. The maximum atomic E-state index is 12.1. The van der Waals surface area contributed by atoms with Crippen LogP contribution in [0.4, 0.5) is 0 Å². The lowest BCUT2D eigenvalue weighted by atomic mass is 9.86. The van der Waals surface area contributed by atoms with E-state index in [1.54, 1.807) is 0 Å². The normalized spacial score (nSPS) is 23.3. The Morgan fingerprint density at radius 3 is 2.78 bits per heavy atom. The van der Waals surface area contributed by atoms with Crippen LogP contribution in [0.3, 0.4) is 0 Å². The number of likely N-dealkylation sites (N-methyl/N-ethyl adjacent to an activating group) is 1. The summed E-state index contributed by atoms with van der Waals surface area (Å²) in [5.74, 6) is 0.351. The molecule has 2 rings (SSSR count). The molecule has 1 saturated carbocycles. The predicted molar refractivity (Wildman–Crippen MR) is 68.6 cm³/mol. The maximum Gasteiger partial charge on any atom is 0.227 e. The van der Waals surface area contributed by atoms with E-state index in [1.165, 1.54) is 0 Å². The summed E-state index contributed by atoms with van der Waals surface area (Å²) in [6.45, 7) is 0. The van der Waals surface area contributed by atoms with Crippen LogP contribution in [-0.4, -0.2) is 28.9 Å². The molecule has 1 aromatic rings. The molecule has 1 aliphatic rings. The molecule has 1 fully saturated rings. The van der Waals surface area contributed by atoms with E-state index in [0.29, 0.717) is 12.5 Å². The van der Waals surface area contributed by atoms with Gasteiger partial charge in [-0.25, -0.2) is 0 Å². The maximum absolute atomic E-state index is 12.1. The van der Waals surface area contributed by atoms with E-state index in [4.69, 9.17) is 5.26 Å². The standard InChI is InChI=1S/C14H19N3O/c1-17(13-4-2-11(9-15)3-5-13)14(18)8-12-6-7-16-10-12/h6-7,10-11,13,16H,2-5,8H2,1H3. The summed E-state index contributed by atoms with van der Waals surface area (Å²) >= 11 is 0. The molecule has 1 aliphatic carbocycles. The van der Waals surface area contributed by atoms with Gasteiger partial charge in [-0.2, -0.15) is 5.26 Å². The van der Waals surface area contributed by atoms with E-state index in [-0.39, 0.29) is 11.8 Å². The average molecular weight is 245 g/mol. The molecule has 0 aliphatic heterocycles. The van der Waals surface area contributed by atoms with Crippen LogP contribution >= 0.6 is 0 Å². The molecule has 0 radical (unpaired) electrons. The second kappa shape index (κ2) is 5.72. The second-order valence-corrected chi connectivity index (χ2v) is 5.04. The second-order valence-electron chi connectivity index (χ2n) is 5.04. The van der Waals surface area contributed by atoms with E-state index in [0.717, 1.165) is 31.2 Å². The lowest BCUT2D eigenvalue weighted by Crippen LogP contribution is -2.40. The van der Waals surface area contributed by atoms with E-state index in [1.807, 2.05) is 30.4 Å². The van der Waals surface area contributed by atoms with Crippen molar-refractivity contribution < 1.29 is 4.79 Å². The number of nitriles is 1. The molecule has 18 heavy (non-hydrogen) atoms. The predicted octanol–water partition coefficient (Wildman–Crippen LogP) is 2.10. The minimum Gasteiger partial charge on any atom is -0.367 e. The van der Waals surface area contributed by atoms with Crippen molar-refractivity contribution in [1.82, 2.24) is 9.88 Å². The summed E-state index contributed by atoms with van der Waals surface area (Å²) < 4.78 is 0. The fourth-order valence-corrected chi connectivity index (χ4v) is 2.56. The Bertz CT molecular complexity index is 424. The molecule has 0 aromatic carbocycles. The Morgan fingerprint density at radius 1 is 1.50 bits per heavy atom. The fraction of sp³-hybridized carbons (Fsp3) is 0.571. The topological polar surface area (TPSA) is 59.9 Å². The molecule has 0 atom stereocenters. The number of aromatic nitrogens is 1. The number of aromatic amines is 1. The highest BCUT2D eigenvalue weighted by Gasteiger charge is 2.26. The molecule has 0 spiro atoms. The molecule has 0 bridgehead atoms. The molecule has 96 valence electrons. The van der Waals surface area contributed by atoms with Gasteiger partial charge in [0.25, 0.3) is 0 Å². The van der Waals surface area contributed by atoms with Crippen LogP contribution in [0.5, 0.6) is 0 Å². The zero-order valence-electron chi connectivity index (χ0n) is 10.7. The minimum atomic E-state index is 0.162. The molecule has 0 saturated heterocycles. The van der Waals surface area contributed by atoms with Crippen molar-refractivity contribution in [2.24, 2.45) is 5.92 Å². The lowest BCUT2D eigenvalue weighted by molar-refractivity contribution is -0.131. The highest BCUT2D eigenvalue weighted by molar-refractivity contribution is 5.78. The third-order valence-electron chi connectivity index (χ3n) is 3.84. The van der Waals surface area contributed by atoms with Gasteiger partial charge in [-0.3, -0.25) is 4.79 Å². The van der Waals surface area contributed by atoms with Gasteiger partial charge in [0.1, 0.15) is 0 Å². The summed E-state index contributed by atoms with van der Waals surface area (Å²) in [4.78, 5) is 16.9. The number of hydrogen-bond donors (Lipinski definition) is 1. The van der Waals surface area contributed by atoms with Gasteiger partial charge >= 0.3 is 0 Å². The Morgan fingerprint density at radius 2 is 2.22 bits per heavy atom. The lowest BCUT2D eigenvalue weighted by Gasteiger charge is -2.32. The van der Waals surface area contributed by atoms with Crippen molar-refractivity contribution in [2.75, 3.05) is 7.05 Å². The first-order chi connectivity index (χ1) is 8.70. The smallest absolute Gasteiger partial charge is 0.227 e. The number of carbonyl (C=O) groups excluding carboxylic acids is 1. The summed E-state index contributed by atoms with van der Waals surface area (Å²) in [5, 5.41) is 8.86. The number of rotatable bonds is 3. The first-order valence-electron chi connectivity index (χ1n) is 6.47. The molecule has 1 heterocycles. The molecule has 4 heteroatoms. The number of nitrogens with zero attached hydrogens (tertiary/aromatic N) is 2. The first-order valence-corrected chi connectivity index (χ1v) is 6.47. The summed E-state index contributed by atoms with van der Waals surface area (Å²) in [7, 11) is 1.88. The van der Waals surface area contributed by atoms with Crippen LogP contribution < -0.4 is 0 Å². The van der Waals surface area contributed by atoms with E-state index >= 15 is 0 Å². The van der Waals surface area contributed by atoms with E-state index < -0.39 is 0 Å². The average Bonchev–Trinajstić information content (AvgIpc) is 2.91. The van der Waals surface area contributed by atoms with Crippen molar-refractivity contribution in [3.8, 4) is 6.07 Å². The molecule has 1 aromatic heterocycles. The van der Waals surface area contributed by atoms with Crippen molar-refractivity contribution >= 4 is 5.91 Å². The van der Waals surface area contributed by atoms with Crippen LogP contribution in [0.25, 0.3) is 0 Å². The van der Waals surface area contributed by atoms with Crippen molar-refractivity contribution in [1.29, 1.82) is 5.26 Å². The van der Waals surface area contributed by atoms with Gasteiger partial charge in [0.2, 0.25) is 5.91 Å². The van der Waals surface area contributed by atoms with E-state index in [9.17, 15) is 4.79 Å². The Labute approximate surface area is 108 Å². The Hall–Kier alpha value is -1.76. The number of nitrogens with one attached hydrogen (secondary N) is 1. The van der Waals surface area contributed by atoms with Gasteiger partial charge in [0.15, 0.2) is 0 Å². The van der Waals surface area contributed by atoms with Crippen molar-refractivity contribution in [2.45, 2.75) is 38.1 Å². The van der Waals surface area contributed by atoms with E-state index in [2.05, 4.69) is 11.1 Å². The molecule has 0 unspecified atom stereocenters. The molecule has 1 amide bonds. The summed E-state index contributed by atoms with van der Waals surface area (Å²) in [6, 6.07) is 4.56. The number of hydrogen-bond acceptors (Lipinski definition) is 2. The number of carbonyl (C=O) groups is 1. The van der Waals surface area contributed by atoms with Gasteiger partial charge in [-0.15, -0.1) is 0 Å². The third-order valence-corrected chi connectivity index (χ3v) is 3.84. The van der Waals surface area contributed by atoms with Crippen LogP contribution in [0.1, 0.15) is 31.2 Å². The third kappa shape index (κ3) is 2.92. The van der Waals surface area contributed by atoms with Crippen molar-refractivity contribution in [3.63, 3.8) is 0 Å². The minimum absolute atomic E-state index is 0.162. The fourth-order valence-electron chi connectivity index (χ4n) is 2.56. The zero-order valence-corrected chi connectivity index (χ0v) is 10.7. The summed E-state index contributed by atoms with van der Waals surface area (Å²) in [5.41, 5.74) is 1.03. The van der Waals surface area contributed by atoms with Gasteiger partial charge < -0.3 is 9.88 Å². The Balaban J connectivity index is 1.86. The van der Waals surface area contributed by atoms with Gasteiger partial charge in [-0.1, -0.05) is 0 Å². The van der Waals surface area contributed by atoms with Gasteiger partial charge in [0.05, 0.1) is 12.5 Å². The largest absolute Gasteiger partial charge is 0.367 e.